The van der Waals surface area contributed by atoms with Gasteiger partial charge in [-0.05, 0) is 17.7 Å². The standard InChI is InChI=1S/C10H13FN2O2/c1-12(2)10-4-3-8(7-9(10)11)5-6-13(14)15/h3-4,7H,5-6H2,1-2H3. The molecule has 1 aromatic rings. The van der Waals surface area contributed by atoms with Crippen LogP contribution in [0.4, 0.5) is 10.1 Å². The molecule has 1 aromatic carbocycles. The van der Waals surface area contributed by atoms with E-state index in [9.17, 15) is 14.5 Å². The van der Waals surface area contributed by atoms with Crippen LogP contribution in [0.15, 0.2) is 18.2 Å². The molecule has 0 aliphatic carbocycles. The lowest BCUT2D eigenvalue weighted by atomic mass is 10.1. The van der Waals surface area contributed by atoms with Crippen molar-refractivity contribution in [2.45, 2.75) is 6.42 Å². The molecule has 0 radical (unpaired) electrons. The summed E-state index contributed by atoms with van der Waals surface area (Å²) in [5, 5.41) is 10.1. The van der Waals surface area contributed by atoms with Gasteiger partial charge in [-0.3, -0.25) is 10.1 Å². The van der Waals surface area contributed by atoms with Gasteiger partial charge in [0.15, 0.2) is 0 Å². The Bertz CT molecular complexity index is 366. The highest BCUT2D eigenvalue weighted by Crippen LogP contribution is 2.18. The smallest absolute Gasteiger partial charge is 0.207 e. The van der Waals surface area contributed by atoms with Gasteiger partial charge in [-0.25, -0.2) is 4.39 Å². The largest absolute Gasteiger partial charge is 0.375 e. The van der Waals surface area contributed by atoms with Gasteiger partial charge in [0.1, 0.15) is 5.82 Å². The van der Waals surface area contributed by atoms with Crippen molar-refractivity contribution in [3.8, 4) is 0 Å². The van der Waals surface area contributed by atoms with E-state index in [4.69, 9.17) is 0 Å². The van der Waals surface area contributed by atoms with Crippen LogP contribution >= 0.6 is 0 Å². The van der Waals surface area contributed by atoms with Gasteiger partial charge in [-0.15, -0.1) is 0 Å². The van der Waals surface area contributed by atoms with Gasteiger partial charge in [0.05, 0.1) is 5.69 Å². The molecule has 1 rings (SSSR count). The van der Waals surface area contributed by atoms with Crippen LogP contribution in [0.5, 0.6) is 0 Å². The summed E-state index contributed by atoms with van der Waals surface area (Å²) in [5.74, 6) is -0.346. The molecule has 0 amide bonds. The first-order valence-electron chi connectivity index (χ1n) is 4.58. The number of nitro groups is 1. The highest BCUT2D eigenvalue weighted by Gasteiger charge is 2.06. The summed E-state index contributed by atoms with van der Waals surface area (Å²) in [5.41, 5.74) is 1.13. The Morgan fingerprint density at radius 3 is 2.60 bits per heavy atom. The average molecular weight is 212 g/mol. The van der Waals surface area contributed by atoms with Crippen molar-refractivity contribution in [3.63, 3.8) is 0 Å². The Kier molecular flexibility index (Phi) is 3.60. The summed E-state index contributed by atoms with van der Waals surface area (Å²) in [6, 6.07) is 4.69. The van der Waals surface area contributed by atoms with Crippen molar-refractivity contribution < 1.29 is 9.31 Å². The van der Waals surface area contributed by atoms with E-state index in [1.807, 2.05) is 0 Å². The van der Waals surface area contributed by atoms with Gasteiger partial charge in [0.25, 0.3) is 0 Å². The monoisotopic (exact) mass is 212 g/mol. The van der Waals surface area contributed by atoms with Crippen LogP contribution in [-0.2, 0) is 6.42 Å². The number of benzene rings is 1. The van der Waals surface area contributed by atoms with Gasteiger partial charge in [-0.2, -0.15) is 0 Å². The second-order valence-corrected chi connectivity index (χ2v) is 3.49. The fourth-order valence-corrected chi connectivity index (χ4v) is 1.29. The summed E-state index contributed by atoms with van der Waals surface area (Å²) >= 11 is 0. The molecule has 15 heavy (non-hydrogen) atoms. The quantitative estimate of drug-likeness (QED) is 0.563. The lowest BCUT2D eigenvalue weighted by molar-refractivity contribution is -0.479. The number of halogens is 1. The van der Waals surface area contributed by atoms with Gasteiger partial charge >= 0.3 is 0 Å². The van der Waals surface area contributed by atoms with Crippen molar-refractivity contribution in [2.24, 2.45) is 0 Å². The van der Waals surface area contributed by atoms with Gasteiger partial charge in [0, 0.05) is 25.4 Å². The summed E-state index contributed by atoms with van der Waals surface area (Å²) in [6.07, 6.45) is 0.262. The lowest BCUT2D eigenvalue weighted by Crippen LogP contribution is -2.11. The van der Waals surface area contributed by atoms with E-state index in [-0.39, 0.29) is 18.8 Å². The van der Waals surface area contributed by atoms with Gasteiger partial charge in [0.2, 0.25) is 6.54 Å². The lowest BCUT2D eigenvalue weighted by Gasteiger charge is -2.13. The number of hydrogen-bond acceptors (Lipinski definition) is 3. The molecule has 0 saturated heterocycles. The zero-order valence-corrected chi connectivity index (χ0v) is 8.74. The second-order valence-electron chi connectivity index (χ2n) is 3.49. The third kappa shape index (κ3) is 3.19. The van der Waals surface area contributed by atoms with Crippen LogP contribution in [0.25, 0.3) is 0 Å². The highest BCUT2D eigenvalue weighted by atomic mass is 19.1. The van der Waals surface area contributed by atoms with E-state index in [2.05, 4.69) is 0 Å². The first-order chi connectivity index (χ1) is 7.00. The zero-order chi connectivity index (χ0) is 11.4. The Hall–Kier alpha value is -1.65. The van der Waals surface area contributed by atoms with E-state index in [1.54, 1.807) is 31.1 Å². The summed E-state index contributed by atoms with van der Waals surface area (Å²) in [6.45, 7) is -0.166. The van der Waals surface area contributed by atoms with Crippen LogP contribution in [0.3, 0.4) is 0 Å². The van der Waals surface area contributed by atoms with E-state index >= 15 is 0 Å². The minimum atomic E-state index is -0.405. The molecular weight excluding hydrogens is 199 g/mol. The van der Waals surface area contributed by atoms with Gasteiger partial charge in [-0.1, -0.05) is 6.07 Å². The van der Waals surface area contributed by atoms with Crippen molar-refractivity contribution in [1.29, 1.82) is 0 Å². The molecule has 0 fully saturated rings. The predicted molar refractivity (Wildman–Crippen MR) is 56.3 cm³/mol. The molecule has 4 nitrogen and oxygen atoms in total. The van der Waals surface area contributed by atoms with Crippen LogP contribution in [0.1, 0.15) is 5.56 Å². The summed E-state index contributed by atoms with van der Waals surface area (Å²) < 4.78 is 13.4. The first kappa shape index (κ1) is 11.4. The molecule has 5 heteroatoms. The van der Waals surface area contributed by atoms with Crippen molar-refractivity contribution in [2.75, 3.05) is 25.5 Å². The molecule has 0 heterocycles. The SMILES string of the molecule is CN(C)c1ccc(CC[N+](=O)[O-])cc1F. The normalized spacial score (nSPS) is 10.1. The molecule has 0 spiro atoms. The highest BCUT2D eigenvalue weighted by molar-refractivity contribution is 5.47. The molecule has 0 saturated carbocycles. The topological polar surface area (TPSA) is 46.4 Å². The fourth-order valence-electron chi connectivity index (χ4n) is 1.29. The number of rotatable bonds is 4. The summed E-state index contributed by atoms with van der Waals surface area (Å²) in [7, 11) is 3.49. The van der Waals surface area contributed by atoms with Crippen LogP contribution < -0.4 is 4.90 Å². The van der Waals surface area contributed by atoms with Crippen molar-refractivity contribution >= 4 is 5.69 Å². The number of nitrogens with zero attached hydrogens (tertiary/aromatic N) is 2. The third-order valence-electron chi connectivity index (χ3n) is 2.08. The third-order valence-corrected chi connectivity index (χ3v) is 2.08. The predicted octanol–water partition coefficient (Wildman–Crippen LogP) is 1.71. The number of anilines is 1. The van der Waals surface area contributed by atoms with E-state index in [1.165, 1.54) is 6.07 Å². The first-order valence-corrected chi connectivity index (χ1v) is 4.58. The van der Waals surface area contributed by atoms with Crippen LogP contribution in [0, 0.1) is 15.9 Å². The minimum Gasteiger partial charge on any atom is -0.375 e. The maximum absolute atomic E-state index is 13.4. The Morgan fingerprint density at radius 1 is 1.47 bits per heavy atom. The summed E-state index contributed by atoms with van der Waals surface area (Å²) in [4.78, 5) is 11.4. The van der Waals surface area contributed by atoms with Crippen LogP contribution in [-0.4, -0.2) is 25.6 Å². The van der Waals surface area contributed by atoms with Gasteiger partial charge < -0.3 is 4.90 Å². The molecule has 0 bridgehead atoms. The maximum Gasteiger partial charge on any atom is 0.207 e. The molecule has 0 N–H and O–H groups in total. The van der Waals surface area contributed by atoms with E-state index in [0.717, 1.165) is 0 Å². The molecule has 0 aromatic heterocycles. The molecule has 0 aliphatic rings. The van der Waals surface area contributed by atoms with E-state index in [0.29, 0.717) is 11.3 Å². The van der Waals surface area contributed by atoms with Crippen LogP contribution in [0.2, 0.25) is 0 Å². The number of hydrogen-bond donors (Lipinski definition) is 0. The van der Waals surface area contributed by atoms with Crippen molar-refractivity contribution in [3.05, 3.63) is 39.7 Å². The molecule has 0 atom stereocenters. The maximum atomic E-state index is 13.4. The Morgan fingerprint density at radius 2 is 2.13 bits per heavy atom. The molecular formula is C10H13FN2O2. The zero-order valence-electron chi connectivity index (χ0n) is 8.74. The molecule has 0 unspecified atom stereocenters. The Balaban J connectivity index is 2.77. The Labute approximate surface area is 87.5 Å². The second kappa shape index (κ2) is 4.72. The fraction of sp³-hybridized carbons (Fsp3) is 0.400. The average Bonchev–Trinajstić information content (AvgIpc) is 2.14. The molecule has 0 aliphatic heterocycles. The van der Waals surface area contributed by atoms with E-state index < -0.39 is 4.92 Å². The molecule has 82 valence electrons. The van der Waals surface area contributed by atoms with Crippen molar-refractivity contribution in [1.82, 2.24) is 0 Å². The minimum absolute atomic E-state index is 0.166.